The smallest absolute Gasteiger partial charge is 0.256 e. The Bertz CT molecular complexity index is 844. The number of carbonyl (C=O) groups excluding carboxylic acids is 2. The van der Waals surface area contributed by atoms with Crippen LogP contribution in [0.1, 0.15) is 6.42 Å². The molecule has 8 heteroatoms. The van der Waals surface area contributed by atoms with E-state index in [0.29, 0.717) is 0 Å². The molecule has 3 rings (SSSR count). The molecule has 4 nitrogen and oxygen atoms in total. The summed E-state index contributed by atoms with van der Waals surface area (Å²) in [5, 5.41) is 2.47. The van der Waals surface area contributed by atoms with Crippen molar-refractivity contribution >= 4 is 34.8 Å². The monoisotopic (exact) mass is 354 g/mol. The van der Waals surface area contributed by atoms with Gasteiger partial charge in [0.1, 0.15) is 11.9 Å². The number of nitrogens with one attached hydrogen (secondary N) is 1. The number of amides is 2. The van der Waals surface area contributed by atoms with Crippen LogP contribution >= 0.6 is 11.6 Å². The predicted molar refractivity (Wildman–Crippen MR) is 82.3 cm³/mol. The zero-order valence-corrected chi connectivity index (χ0v) is 12.8. The zero-order valence-electron chi connectivity index (χ0n) is 12.0. The lowest BCUT2D eigenvalue weighted by Gasteiger charge is -2.16. The molecule has 1 atom stereocenters. The van der Waals surface area contributed by atoms with Gasteiger partial charge in [-0.3, -0.25) is 9.59 Å². The predicted octanol–water partition coefficient (Wildman–Crippen LogP) is 3.50. The Kier molecular flexibility index (Phi) is 4.19. The summed E-state index contributed by atoms with van der Waals surface area (Å²) in [6, 6.07) is 5.61. The van der Waals surface area contributed by atoms with Gasteiger partial charge in [0.2, 0.25) is 5.91 Å². The van der Waals surface area contributed by atoms with Crippen LogP contribution in [0, 0.1) is 17.5 Å². The minimum Gasteiger partial charge on any atom is -0.373 e. The van der Waals surface area contributed by atoms with Gasteiger partial charge in [0, 0.05) is 11.8 Å². The molecule has 1 N–H and O–H groups in total. The van der Waals surface area contributed by atoms with Gasteiger partial charge in [0.05, 0.1) is 17.1 Å². The molecule has 0 aliphatic carbocycles. The third-order valence-electron chi connectivity index (χ3n) is 3.57. The lowest BCUT2D eigenvalue weighted by molar-refractivity contribution is -0.121. The maximum atomic E-state index is 13.2. The first kappa shape index (κ1) is 16.3. The minimum absolute atomic E-state index is 0.144. The van der Waals surface area contributed by atoms with Crippen LogP contribution in [-0.4, -0.2) is 17.9 Å². The zero-order chi connectivity index (χ0) is 17.4. The summed E-state index contributed by atoms with van der Waals surface area (Å²) in [6.45, 7) is 0. The number of anilines is 2. The molecule has 1 aliphatic heterocycles. The van der Waals surface area contributed by atoms with Gasteiger partial charge in [-0.1, -0.05) is 11.6 Å². The van der Waals surface area contributed by atoms with Crippen molar-refractivity contribution in [3.05, 3.63) is 58.9 Å². The Morgan fingerprint density at radius 2 is 1.71 bits per heavy atom. The van der Waals surface area contributed by atoms with Gasteiger partial charge in [0.15, 0.2) is 11.6 Å². The summed E-state index contributed by atoms with van der Waals surface area (Å²) >= 11 is 5.67. The first-order chi connectivity index (χ1) is 11.4. The second-order valence-corrected chi connectivity index (χ2v) is 5.60. The summed E-state index contributed by atoms with van der Waals surface area (Å²) < 4.78 is 39.4. The van der Waals surface area contributed by atoms with Crippen LogP contribution < -0.4 is 10.2 Å². The molecule has 0 radical (unpaired) electrons. The Morgan fingerprint density at radius 3 is 2.38 bits per heavy atom. The Labute approximate surface area is 139 Å². The number of imide groups is 1. The second kappa shape index (κ2) is 6.16. The number of benzene rings is 2. The summed E-state index contributed by atoms with van der Waals surface area (Å²) in [5.41, 5.74) is 0.310. The van der Waals surface area contributed by atoms with Crippen LogP contribution in [0.25, 0.3) is 0 Å². The van der Waals surface area contributed by atoms with E-state index in [9.17, 15) is 22.8 Å². The quantitative estimate of drug-likeness (QED) is 0.858. The van der Waals surface area contributed by atoms with E-state index in [0.717, 1.165) is 23.1 Å². The molecule has 0 unspecified atom stereocenters. The van der Waals surface area contributed by atoms with E-state index in [1.807, 2.05) is 0 Å². The van der Waals surface area contributed by atoms with Crippen LogP contribution in [0.2, 0.25) is 5.02 Å². The van der Waals surface area contributed by atoms with Crippen molar-refractivity contribution in [2.24, 2.45) is 0 Å². The number of rotatable bonds is 3. The molecular formula is C16H10ClF3N2O2. The number of nitrogens with zero attached hydrogens (tertiary/aromatic N) is 1. The molecule has 24 heavy (non-hydrogen) atoms. The van der Waals surface area contributed by atoms with Gasteiger partial charge in [0.25, 0.3) is 5.91 Å². The molecule has 0 aromatic heterocycles. The van der Waals surface area contributed by atoms with Crippen molar-refractivity contribution in [2.45, 2.75) is 12.5 Å². The van der Waals surface area contributed by atoms with Crippen molar-refractivity contribution < 1.29 is 22.8 Å². The summed E-state index contributed by atoms with van der Waals surface area (Å²) in [5.74, 6) is -3.86. The number of carbonyl (C=O) groups is 2. The molecule has 0 bridgehead atoms. The van der Waals surface area contributed by atoms with E-state index in [4.69, 9.17) is 11.6 Å². The van der Waals surface area contributed by atoms with Gasteiger partial charge < -0.3 is 5.32 Å². The molecule has 1 fully saturated rings. The Balaban J connectivity index is 1.83. The van der Waals surface area contributed by atoms with E-state index in [1.165, 1.54) is 18.2 Å². The van der Waals surface area contributed by atoms with Gasteiger partial charge >= 0.3 is 0 Å². The minimum atomic E-state index is -1.07. The maximum absolute atomic E-state index is 13.2. The molecule has 1 aliphatic rings. The van der Waals surface area contributed by atoms with Gasteiger partial charge in [-0.05, 0) is 30.3 Å². The van der Waals surface area contributed by atoms with Gasteiger partial charge in [-0.25, -0.2) is 18.1 Å². The van der Waals surface area contributed by atoms with E-state index in [-0.39, 0.29) is 22.8 Å². The Morgan fingerprint density at radius 1 is 1.00 bits per heavy atom. The molecular weight excluding hydrogens is 345 g/mol. The van der Waals surface area contributed by atoms with E-state index in [2.05, 4.69) is 5.32 Å². The fourth-order valence-electron chi connectivity index (χ4n) is 2.43. The standard InChI is InChI=1S/C16H10ClF3N2O2/c17-10-6-9(2-4-11(10)18)22-15(23)7-14(16(22)24)21-8-1-3-12(19)13(20)5-8/h1-6,14,21H,7H2/t14-/m0/s1. The molecule has 2 aromatic carbocycles. The highest BCUT2D eigenvalue weighted by Crippen LogP contribution is 2.28. The molecule has 2 aromatic rings. The highest BCUT2D eigenvalue weighted by atomic mass is 35.5. The highest BCUT2D eigenvalue weighted by Gasteiger charge is 2.39. The summed E-state index contributed by atoms with van der Waals surface area (Å²) in [6.07, 6.45) is -0.174. The number of hydrogen-bond acceptors (Lipinski definition) is 3. The van der Waals surface area contributed by atoms with Crippen molar-refractivity contribution in [3.63, 3.8) is 0 Å². The lowest BCUT2D eigenvalue weighted by Crippen LogP contribution is -2.34. The average molecular weight is 355 g/mol. The fourth-order valence-corrected chi connectivity index (χ4v) is 2.60. The topological polar surface area (TPSA) is 49.4 Å². The summed E-state index contributed by atoms with van der Waals surface area (Å²) in [7, 11) is 0. The van der Waals surface area contributed by atoms with Crippen LogP contribution in [0.4, 0.5) is 24.5 Å². The van der Waals surface area contributed by atoms with Crippen molar-refractivity contribution in [2.75, 3.05) is 10.2 Å². The van der Waals surface area contributed by atoms with Crippen molar-refractivity contribution in [1.29, 1.82) is 0 Å². The highest BCUT2D eigenvalue weighted by molar-refractivity contribution is 6.31. The number of hydrogen-bond donors (Lipinski definition) is 1. The molecule has 1 saturated heterocycles. The molecule has 0 spiro atoms. The third-order valence-corrected chi connectivity index (χ3v) is 3.86. The number of halogens is 4. The second-order valence-electron chi connectivity index (χ2n) is 5.20. The van der Waals surface area contributed by atoms with Gasteiger partial charge in [-0.15, -0.1) is 0 Å². The normalized spacial score (nSPS) is 17.5. The molecule has 1 heterocycles. The van der Waals surface area contributed by atoms with Crippen molar-refractivity contribution in [3.8, 4) is 0 Å². The van der Waals surface area contributed by atoms with Crippen LogP contribution in [0.15, 0.2) is 36.4 Å². The fraction of sp³-hybridized carbons (Fsp3) is 0.125. The largest absolute Gasteiger partial charge is 0.373 e. The van der Waals surface area contributed by atoms with Crippen LogP contribution in [0.3, 0.4) is 0 Å². The van der Waals surface area contributed by atoms with Crippen LogP contribution in [-0.2, 0) is 9.59 Å². The Hall–Kier alpha value is -2.54. The molecule has 2 amide bonds. The maximum Gasteiger partial charge on any atom is 0.256 e. The van der Waals surface area contributed by atoms with Gasteiger partial charge in [-0.2, -0.15) is 0 Å². The van der Waals surface area contributed by atoms with E-state index < -0.39 is 35.3 Å². The third kappa shape index (κ3) is 2.94. The lowest BCUT2D eigenvalue weighted by atomic mass is 10.2. The van der Waals surface area contributed by atoms with Crippen LogP contribution in [0.5, 0.6) is 0 Å². The van der Waals surface area contributed by atoms with E-state index in [1.54, 1.807) is 0 Å². The van der Waals surface area contributed by atoms with E-state index >= 15 is 0 Å². The molecule has 0 saturated carbocycles. The van der Waals surface area contributed by atoms with Crippen molar-refractivity contribution in [1.82, 2.24) is 0 Å². The summed E-state index contributed by atoms with van der Waals surface area (Å²) in [4.78, 5) is 25.4. The average Bonchev–Trinajstić information content (AvgIpc) is 2.80. The first-order valence-electron chi connectivity index (χ1n) is 6.90. The SMILES string of the molecule is O=C1C[C@H](Nc2ccc(F)c(F)c2)C(=O)N1c1ccc(F)c(Cl)c1. The first-order valence-corrected chi connectivity index (χ1v) is 7.28. The molecule has 124 valence electrons.